The van der Waals surface area contributed by atoms with E-state index >= 15 is 0 Å². The number of aliphatic imine (C=N–C) groups is 1. The fourth-order valence-corrected chi connectivity index (χ4v) is 3.00. The Morgan fingerprint density at radius 3 is 2.65 bits per heavy atom. The monoisotopic (exact) mass is 487 g/mol. The number of halogens is 3. The topological polar surface area (TPSA) is 123 Å². The molecule has 0 saturated heterocycles. The summed E-state index contributed by atoms with van der Waals surface area (Å²) in [6, 6.07) is 10.5. The number of nitrogens with two attached hydrogens (primary N) is 1. The van der Waals surface area contributed by atoms with Crippen molar-refractivity contribution in [1.29, 1.82) is 0 Å². The molecule has 2 heterocycles. The van der Waals surface area contributed by atoms with Gasteiger partial charge in [-0.2, -0.15) is 0 Å². The lowest BCUT2D eigenvalue weighted by atomic mass is 9.99. The molecule has 0 aliphatic heterocycles. The normalized spacial score (nSPS) is 12.1. The van der Waals surface area contributed by atoms with Gasteiger partial charge in [-0.25, -0.2) is 0 Å². The number of aromatic nitrogens is 2. The zero-order valence-corrected chi connectivity index (χ0v) is 18.4. The van der Waals surface area contributed by atoms with Crippen LogP contribution in [0.2, 0.25) is 0 Å². The molecule has 1 aromatic carbocycles. The standard InChI is InChI=1S/C23H20ClF2N5O3/c24-23(25,26)34-19-5-3-18(4-6-19)31-22(33)16-10-20(15-2-1-7-28-12-15)21(30-14-16)17(11-27)13-29-8-9-32/h1-7,10-14,32H,8-9,27H2,(H,31,33). The first-order valence-electron chi connectivity index (χ1n) is 9.91. The van der Waals surface area contributed by atoms with Crippen LogP contribution in [0.5, 0.6) is 5.75 Å². The van der Waals surface area contributed by atoms with Crippen LogP contribution in [0.1, 0.15) is 16.1 Å². The van der Waals surface area contributed by atoms with Gasteiger partial charge in [-0.1, -0.05) is 6.07 Å². The molecule has 3 aromatic rings. The van der Waals surface area contributed by atoms with E-state index in [0.29, 0.717) is 28.1 Å². The van der Waals surface area contributed by atoms with Gasteiger partial charge < -0.3 is 20.9 Å². The molecule has 4 N–H and O–H groups in total. The van der Waals surface area contributed by atoms with Crippen LogP contribution in [0.3, 0.4) is 0 Å². The Hall–Kier alpha value is -3.89. The number of amides is 1. The van der Waals surface area contributed by atoms with Crippen molar-refractivity contribution >= 4 is 35.0 Å². The molecular formula is C23H20ClF2N5O3. The molecule has 0 radical (unpaired) electrons. The number of pyridine rings is 2. The quantitative estimate of drug-likeness (QED) is 0.310. The summed E-state index contributed by atoms with van der Waals surface area (Å²) in [4.78, 5) is 25.5. The van der Waals surface area contributed by atoms with Crippen LogP contribution in [0.4, 0.5) is 14.5 Å². The number of anilines is 1. The molecule has 3 rings (SSSR count). The van der Waals surface area contributed by atoms with Crippen molar-refractivity contribution in [2.24, 2.45) is 10.7 Å². The molecule has 1 amide bonds. The van der Waals surface area contributed by atoms with Gasteiger partial charge in [0.1, 0.15) is 5.75 Å². The number of hydrogen-bond donors (Lipinski definition) is 3. The van der Waals surface area contributed by atoms with Gasteiger partial charge in [0.05, 0.1) is 24.4 Å². The molecule has 0 spiro atoms. The Morgan fingerprint density at radius 1 is 1.26 bits per heavy atom. The summed E-state index contributed by atoms with van der Waals surface area (Å²) < 4.78 is 29.8. The lowest BCUT2D eigenvalue weighted by molar-refractivity contribution is -0.0964. The predicted molar refractivity (Wildman–Crippen MR) is 126 cm³/mol. The van der Waals surface area contributed by atoms with Gasteiger partial charge in [-0.3, -0.25) is 19.8 Å². The second-order valence-corrected chi connectivity index (χ2v) is 7.21. The number of ether oxygens (including phenoxy) is 1. The third-order valence-corrected chi connectivity index (χ3v) is 4.46. The fraction of sp³-hybridized carbons (Fsp3) is 0.130. The van der Waals surface area contributed by atoms with Gasteiger partial charge in [0.15, 0.2) is 0 Å². The van der Waals surface area contributed by atoms with E-state index in [1.807, 2.05) is 0 Å². The number of aliphatic hydroxyl groups is 1. The minimum atomic E-state index is -3.83. The Bertz CT molecular complexity index is 1180. The first-order valence-corrected chi connectivity index (χ1v) is 10.3. The molecule has 0 atom stereocenters. The molecule has 34 heavy (non-hydrogen) atoms. The zero-order chi connectivity index (χ0) is 24.6. The second kappa shape index (κ2) is 11.3. The number of rotatable bonds is 9. The largest absolute Gasteiger partial charge is 0.487 e. The molecular weight excluding hydrogens is 468 g/mol. The lowest BCUT2D eigenvalue weighted by Crippen LogP contribution is -2.16. The number of nitrogens with zero attached hydrogens (tertiary/aromatic N) is 3. The van der Waals surface area contributed by atoms with Crippen molar-refractivity contribution in [3.63, 3.8) is 0 Å². The third kappa shape index (κ3) is 6.80. The van der Waals surface area contributed by atoms with E-state index in [0.717, 1.165) is 0 Å². The van der Waals surface area contributed by atoms with Crippen molar-refractivity contribution in [1.82, 2.24) is 9.97 Å². The maximum atomic E-state index is 12.8. The smallest absolute Gasteiger partial charge is 0.420 e. The summed E-state index contributed by atoms with van der Waals surface area (Å²) in [5, 5.41) is 11.6. The summed E-state index contributed by atoms with van der Waals surface area (Å²) in [6.07, 6.45) is 7.43. The van der Waals surface area contributed by atoms with Gasteiger partial charge in [-0.05, 0) is 36.4 Å². The maximum absolute atomic E-state index is 12.8. The third-order valence-electron chi connectivity index (χ3n) is 4.38. The highest BCUT2D eigenvalue weighted by atomic mass is 35.5. The predicted octanol–water partition coefficient (Wildman–Crippen LogP) is 3.93. The van der Waals surface area contributed by atoms with E-state index in [2.05, 4.69) is 25.0 Å². The average molecular weight is 488 g/mol. The number of carbonyl (C=O) groups excluding carboxylic acids is 1. The SMILES string of the molecule is NC=C(C=NCCO)c1ncc(C(=O)Nc2ccc(OC(F)(F)Cl)cc2)cc1-c1cccnc1. The van der Waals surface area contributed by atoms with E-state index in [1.54, 1.807) is 30.6 Å². The lowest BCUT2D eigenvalue weighted by Gasteiger charge is -2.13. The number of nitrogens with one attached hydrogen (secondary N) is 1. The van der Waals surface area contributed by atoms with Crippen molar-refractivity contribution in [3.05, 3.63) is 78.5 Å². The fourth-order valence-electron chi connectivity index (χ4n) is 2.91. The van der Waals surface area contributed by atoms with Crippen molar-refractivity contribution in [3.8, 4) is 16.9 Å². The van der Waals surface area contributed by atoms with E-state index in [9.17, 15) is 13.6 Å². The molecule has 176 valence electrons. The molecule has 0 bridgehead atoms. The highest BCUT2D eigenvalue weighted by Gasteiger charge is 2.27. The van der Waals surface area contributed by atoms with Crippen LogP contribution in [0.25, 0.3) is 16.7 Å². The molecule has 0 saturated carbocycles. The van der Waals surface area contributed by atoms with Crippen LogP contribution in [-0.2, 0) is 0 Å². The number of alkyl halides is 3. The molecule has 0 fully saturated rings. The van der Waals surface area contributed by atoms with Crippen LogP contribution >= 0.6 is 11.6 Å². The van der Waals surface area contributed by atoms with Crippen molar-refractivity contribution in [2.45, 2.75) is 5.57 Å². The first-order chi connectivity index (χ1) is 16.3. The molecule has 11 heteroatoms. The minimum Gasteiger partial charge on any atom is -0.420 e. The van der Waals surface area contributed by atoms with Crippen LogP contribution in [0.15, 0.2) is 72.2 Å². The minimum absolute atomic E-state index is 0.113. The van der Waals surface area contributed by atoms with E-state index in [4.69, 9.17) is 22.4 Å². The molecule has 2 aromatic heterocycles. The number of aliphatic hydroxyl groups excluding tert-OH is 1. The number of benzene rings is 1. The van der Waals surface area contributed by atoms with E-state index in [1.165, 1.54) is 42.9 Å². The van der Waals surface area contributed by atoms with Crippen molar-refractivity contribution < 1.29 is 23.4 Å². The zero-order valence-electron chi connectivity index (χ0n) is 17.7. The first kappa shape index (κ1) is 24.7. The summed E-state index contributed by atoms with van der Waals surface area (Å²) in [5.74, 6) is -0.639. The molecule has 0 unspecified atom stereocenters. The van der Waals surface area contributed by atoms with Crippen molar-refractivity contribution in [2.75, 3.05) is 18.5 Å². The summed E-state index contributed by atoms with van der Waals surface area (Å²) in [6.45, 7) is 0.0875. The van der Waals surface area contributed by atoms with Gasteiger partial charge in [0.25, 0.3) is 5.91 Å². The summed E-state index contributed by atoms with van der Waals surface area (Å²) in [7, 11) is 0. The molecule has 0 aliphatic rings. The van der Waals surface area contributed by atoms with E-state index < -0.39 is 11.5 Å². The van der Waals surface area contributed by atoms with Crippen LogP contribution < -0.4 is 15.8 Å². The number of carbonyl (C=O) groups is 1. The van der Waals surface area contributed by atoms with Gasteiger partial charge in [-0.15, -0.1) is 8.78 Å². The van der Waals surface area contributed by atoms with Crippen LogP contribution in [0, 0.1) is 0 Å². The molecule has 8 nitrogen and oxygen atoms in total. The highest BCUT2D eigenvalue weighted by molar-refractivity contribution is 6.20. The Labute approximate surface area is 198 Å². The Balaban J connectivity index is 1.89. The number of hydrogen-bond acceptors (Lipinski definition) is 7. The van der Waals surface area contributed by atoms with Gasteiger partial charge in [0, 0.05) is 65.0 Å². The van der Waals surface area contributed by atoms with Gasteiger partial charge in [0.2, 0.25) is 0 Å². The Morgan fingerprint density at radius 2 is 2.03 bits per heavy atom. The Kier molecular flexibility index (Phi) is 8.23. The van der Waals surface area contributed by atoms with Gasteiger partial charge >= 0.3 is 5.57 Å². The summed E-state index contributed by atoms with van der Waals surface area (Å²) in [5.41, 5.74) is 4.76. The molecule has 0 aliphatic carbocycles. The van der Waals surface area contributed by atoms with Crippen LogP contribution in [-0.4, -0.2) is 45.9 Å². The summed E-state index contributed by atoms with van der Waals surface area (Å²) >= 11 is 4.75. The second-order valence-electron chi connectivity index (χ2n) is 6.77. The maximum Gasteiger partial charge on any atom is 0.487 e. The van der Waals surface area contributed by atoms with E-state index in [-0.39, 0.29) is 24.5 Å². The number of allylic oxidation sites excluding steroid dienone is 1. The average Bonchev–Trinajstić information content (AvgIpc) is 2.82. The highest BCUT2D eigenvalue weighted by Crippen LogP contribution is 2.28.